The van der Waals surface area contributed by atoms with Crippen molar-refractivity contribution in [1.82, 2.24) is 16.0 Å². The van der Waals surface area contributed by atoms with Gasteiger partial charge in [0.05, 0.1) is 6.04 Å². The third-order valence-corrected chi connectivity index (χ3v) is 5.70. The summed E-state index contributed by atoms with van der Waals surface area (Å²) in [6, 6.07) is -4.24. The first kappa shape index (κ1) is 32.3. The Morgan fingerprint density at radius 1 is 0.829 bits per heavy atom. The van der Waals surface area contributed by atoms with Gasteiger partial charge in [0.2, 0.25) is 17.7 Å². The van der Waals surface area contributed by atoms with E-state index in [0.717, 1.165) is 0 Å². The molecule has 0 heterocycles. The number of hydrogen-bond donors (Lipinski definition) is 7. The molecule has 0 aromatic rings. The van der Waals surface area contributed by atoms with Crippen molar-refractivity contribution in [2.75, 3.05) is 6.54 Å². The predicted molar refractivity (Wildman–Crippen MR) is 130 cm³/mol. The van der Waals surface area contributed by atoms with E-state index in [1.807, 2.05) is 20.8 Å². The number of nitrogens with one attached hydrogen (secondary N) is 3. The maximum absolute atomic E-state index is 13.1. The molecule has 0 fully saturated rings. The Hall–Kier alpha value is -2.73. The van der Waals surface area contributed by atoms with Crippen LogP contribution in [0.25, 0.3) is 0 Å². The van der Waals surface area contributed by atoms with E-state index >= 15 is 0 Å². The van der Waals surface area contributed by atoms with Crippen LogP contribution in [0.4, 0.5) is 0 Å². The minimum atomic E-state index is -1.18. The van der Waals surface area contributed by atoms with Crippen LogP contribution in [0.1, 0.15) is 72.6 Å². The molecule has 202 valence electrons. The highest BCUT2D eigenvalue weighted by atomic mass is 16.4. The second-order valence-corrected chi connectivity index (χ2v) is 9.29. The standard InChI is InChI=1S/C23H43N5O7/c1-5-14(4)19(22(33)26-16(23(34)35)8-6-7-11-24)28-21(32)17(12-13(2)3)27-20(31)15(25)9-10-18(29)30/h13-17,19H,5-12,24-25H2,1-4H3,(H,26,33)(H,27,31)(H,28,32)(H,29,30)(H,34,35). The molecule has 0 aliphatic heterocycles. The van der Waals surface area contributed by atoms with Gasteiger partial charge in [-0.05, 0) is 50.5 Å². The Kier molecular flexibility index (Phi) is 15.5. The van der Waals surface area contributed by atoms with Gasteiger partial charge in [-0.1, -0.05) is 34.1 Å². The van der Waals surface area contributed by atoms with E-state index in [2.05, 4.69) is 16.0 Å². The van der Waals surface area contributed by atoms with Crippen LogP contribution in [0.5, 0.6) is 0 Å². The molecule has 5 atom stereocenters. The average Bonchev–Trinajstić information content (AvgIpc) is 2.78. The Morgan fingerprint density at radius 2 is 1.43 bits per heavy atom. The first-order valence-corrected chi connectivity index (χ1v) is 12.1. The van der Waals surface area contributed by atoms with E-state index in [1.165, 1.54) is 0 Å². The van der Waals surface area contributed by atoms with Crippen molar-refractivity contribution < 1.29 is 34.2 Å². The van der Waals surface area contributed by atoms with Crippen molar-refractivity contribution in [3.05, 3.63) is 0 Å². The summed E-state index contributed by atoms with van der Waals surface area (Å²) in [4.78, 5) is 60.9. The Morgan fingerprint density at radius 3 is 1.91 bits per heavy atom. The average molecular weight is 502 g/mol. The third-order valence-electron chi connectivity index (χ3n) is 5.70. The quantitative estimate of drug-likeness (QED) is 0.125. The lowest BCUT2D eigenvalue weighted by Gasteiger charge is -2.28. The van der Waals surface area contributed by atoms with Gasteiger partial charge >= 0.3 is 11.9 Å². The van der Waals surface area contributed by atoms with Crippen molar-refractivity contribution >= 4 is 29.7 Å². The van der Waals surface area contributed by atoms with Crippen molar-refractivity contribution in [3.63, 3.8) is 0 Å². The molecule has 0 bridgehead atoms. The summed E-state index contributed by atoms with van der Waals surface area (Å²) in [6.07, 6.45) is 1.77. The summed E-state index contributed by atoms with van der Waals surface area (Å²) in [6.45, 7) is 7.71. The molecule has 0 spiro atoms. The van der Waals surface area contributed by atoms with Gasteiger partial charge in [-0.3, -0.25) is 19.2 Å². The number of amides is 3. The molecule has 12 nitrogen and oxygen atoms in total. The lowest BCUT2D eigenvalue weighted by molar-refractivity contribution is -0.143. The van der Waals surface area contributed by atoms with E-state index in [4.69, 9.17) is 16.6 Å². The minimum absolute atomic E-state index is 0.0103. The van der Waals surface area contributed by atoms with Gasteiger partial charge < -0.3 is 37.6 Å². The zero-order chi connectivity index (χ0) is 27.1. The fraction of sp³-hybridized carbons (Fsp3) is 0.783. The topological polar surface area (TPSA) is 214 Å². The molecule has 0 radical (unpaired) electrons. The molecule has 0 aliphatic rings. The molecule has 3 amide bonds. The van der Waals surface area contributed by atoms with Gasteiger partial charge in [0.1, 0.15) is 18.1 Å². The molecule has 0 rings (SSSR count). The number of carbonyl (C=O) groups is 5. The maximum atomic E-state index is 13.1. The Balaban J connectivity index is 5.48. The first-order chi connectivity index (χ1) is 16.3. The van der Waals surface area contributed by atoms with Gasteiger partial charge in [-0.15, -0.1) is 0 Å². The number of aliphatic carboxylic acids is 2. The highest BCUT2D eigenvalue weighted by Gasteiger charge is 2.33. The normalized spacial score (nSPS) is 15.4. The summed E-state index contributed by atoms with van der Waals surface area (Å²) in [5.41, 5.74) is 11.2. The number of carboxylic acid groups (broad SMARTS) is 2. The van der Waals surface area contributed by atoms with Crippen LogP contribution in [0.15, 0.2) is 0 Å². The smallest absolute Gasteiger partial charge is 0.326 e. The molecular formula is C23H43N5O7. The summed E-state index contributed by atoms with van der Waals surface area (Å²) in [5.74, 6) is -4.46. The largest absolute Gasteiger partial charge is 0.481 e. The molecule has 0 aromatic heterocycles. The molecule has 12 heteroatoms. The van der Waals surface area contributed by atoms with Gasteiger partial charge in [-0.25, -0.2) is 4.79 Å². The van der Waals surface area contributed by atoms with Crippen LogP contribution in [0.3, 0.4) is 0 Å². The molecule has 35 heavy (non-hydrogen) atoms. The number of carbonyl (C=O) groups excluding carboxylic acids is 3. The predicted octanol–water partition coefficient (Wildman–Crippen LogP) is -0.0613. The van der Waals surface area contributed by atoms with Crippen LogP contribution in [-0.2, 0) is 24.0 Å². The number of unbranched alkanes of at least 4 members (excludes halogenated alkanes) is 1. The van der Waals surface area contributed by atoms with Crippen LogP contribution in [0, 0.1) is 11.8 Å². The molecule has 0 aromatic carbocycles. The maximum Gasteiger partial charge on any atom is 0.326 e. The molecule has 0 saturated carbocycles. The monoisotopic (exact) mass is 501 g/mol. The summed E-state index contributed by atoms with van der Waals surface area (Å²) >= 11 is 0. The van der Waals surface area contributed by atoms with Crippen molar-refractivity contribution in [2.24, 2.45) is 23.3 Å². The van der Waals surface area contributed by atoms with Crippen molar-refractivity contribution in [1.29, 1.82) is 0 Å². The second kappa shape index (κ2) is 16.8. The van der Waals surface area contributed by atoms with Crippen LogP contribution in [0.2, 0.25) is 0 Å². The number of rotatable bonds is 18. The zero-order valence-electron chi connectivity index (χ0n) is 21.2. The minimum Gasteiger partial charge on any atom is -0.481 e. The fourth-order valence-corrected chi connectivity index (χ4v) is 3.36. The molecule has 0 aliphatic carbocycles. The highest BCUT2D eigenvalue weighted by molar-refractivity contribution is 5.94. The van der Waals surface area contributed by atoms with Gasteiger partial charge in [0, 0.05) is 6.42 Å². The lowest BCUT2D eigenvalue weighted by atomic mass is 9.96. The SMILES string of the molecule is CCC(C)C(NC(=O)C(CC(C)C)NC(=O)C(N)CCC(=O)O)C(=O)NC(CCCCN)C(=O)O. The van der Waals surface area contributed by atoms with Gasteiger partial charge in [0.15, 0.2) is 0 Å². The van der Waals surface area contributed by atoms with E-state index in [0.29, 0.717) is 25.8 Å². The van der Waals surface area contributed by atoms with Crippen molar-refractivity contribution in [3.8, 4) is 0 Å². The van der Waals surface area contributed by atoms with Gasteiger partial charge in [-0.2, -0.15) is 0 Å². The van der Waals surface area contributed by atoms with Gasteiger partial charge in [0.25, 0.3) is 0 Å². The van der Waals surface area contributed by atoms with Crippen LogP contribution < -0.4 is 27.4 Å². The van der Waals surface area contributed by atoms with Crippen LogP contribution in [-0.4, -0.2) is 70.6 Å². The summed E-state index contributed by atoms with van der Waals surface area (Å²) in [7, 11) is 0. The van der Waals surface area contributed by atoms with Crippen LogP contribution >= 0.6 is 0 Å². The van der Waals surface area contributed by atoms with Crippen molar-refractivity contribution in [2.45, 2.75) is 96.8 Å². The molecular weight excluding hydrogens is 458 g/mol. The van der Waals surface area contributed by atoms with E-state index in [-0.39, 0.29) is 37.5 Å². The Labute approximate surface area is 206 Å². The van der Waals surface area contributed by atoms with E-state index < -0.39 is 53.8 Å². The Bertz CT molecular complexity index is 716. The van der Waals surface area contributed by atoms with E-state index in [1.54, 1.807) is 6.92 Å². The number of carboxylic acids is 2. The fourth-order valence-electron chi connectivity index (χ4n) is 3.36. The third kappa shape index (κ3) is 13.1. The first-order valence-electron chi connectivity index (χ1n) is 12.1. The zero-order valence-corrected chi connectivity index (χ0v) is 21.2. The summed E-state index contributed by atoms with van der Waals surface area (Å²) in [5, 5.41) is 26.0. The molecule has 0 saturated heterocycles. The lowest BCUT2D eigenvalue weighted by Crippen LogP contribution is -2.58. The highest BCUT2D eigenvalue weighted by Crippen LogP contribution is 2.12. The summed E-state index contributed by atoms with van der Waals surface area (Å²) < 4.78 is 0. The number of hydrogen-bond acceptors (Lipinski definition) is 7. The molecule has 9 N–H and O–H groups in total. The second-order valence-electron chi connectivity index (χ2n) is 9.29. The molecule has 5 unspecified atom stereocenters. The van der Waals surface area contributed by atoms with E-state index in [9.17, 15) is 29.1 Å². The number of nitrogens with two attached hydrogens (primary N) is 2.